The second-order valence-electron chi connectivity index (χ2n) is 12.4. The Morgan fingerprint density at radius 1 is 0.524 bits per heavy atom. The first kappa shape index (κ1) is 32.3. The summed E-state index contributed by atoms with van der Waals surface area (Å²) in [6, 6.07) is 13.3. The Kier molecular flexibility index (Phi) is 12.5. The van der Waals surface area contributed by atoms with Gasteiger partial charge < -0.3 is 0 Å². The van der Waals surface area contributed by atoms with Crippen LogP contribution in [0.25, 0.3) is 22.3 Å². The van der Waals surface area contributed by atoms with Crippen LogP contribution in [0.15, 0.2) is 48.5 Å². The summed E-state index contributed by atoms with van der Waals surface area (Å²) in [6.45, 7) is 4.40. The van der Waals surface area contributed by atoms with Crippen molar-refractivity contribution < 1.29 is 17.6 Å². The highest BCUT2D eigenvalue weighted by Gasteiger charge is 2.26. The summed E-state index contributed by atoms with van der Waals surface area (Å²) in [5.74, 6) is -2.47. The molecule has 1 aliphatic carbocycles. The molecule has 0 spiro atoms. The van der Waals surface area contributed by atoms with Crippen LogP contribution in [-0.4, -0.2) is 0 Å². The third kappa shape index (κ3) is 8.26. The Balaban J connectivity index is 1.38. The van der Waals surface area contributed by atoms with Crippen molar-refractivity contribution in [3.63, 3.8) is 0 Å². The van der Waals surface area contributed by atoms with Crippen LogP contribution in [0.2, 0.25) is 0 Å². The third-order valence-corrected chi connectivity index (χ3v) is 9.33. The molecule has 0 bridgehead atoms. The van der Waals surface area contributed by atoms with Gasteiger partial charge in [-0.25, -0.2) is 17.6 Å². The van der Waals surface area contributed by atoms with Crippen molar-refractivity contribution in [2.24, 2.45) is 5.92 Å². The summed E-state index contributed by atoms with van der Waals surface area (Å²) in [6.07, 6.45) is 17.4. The van der Waals surface area contributed by atoms with E-state index in [1.807, 2.05) is 0 Å². The Hall–Kier alpha value is -2.62. The van der Waals surface area contributed by atoms with Crippen LogP contribution < -0.4 is 0 Å². The lowest BCUT2D eigenvalue weighted by molar-refractivity contribution is 0.298. The van der Waals surface area contributed by atoms with E-state index in [4.69, 9.17) is 0 Å². The van der Waals surface area contributed by atoms with Gasteiger partial charge in [0.1, 0.15) is 0 Å². The van der Waals surface area contributed by atoms with E-state index in [0.29, 0.717) is 34.6 Å². The molecule has 42 heavy (non-hydrogen) atoms. The maximum atomic E-state index is 15.3. The van der Waals surface area contributed by atoms with Gasteiger partial charge in [-0.2, -0.15) is 0 Å². The lowest BCUT2D eigenvalue weighted by Gasteiger charge is -2.29. The van der Waals surface area contributed by atoms with Crippen molar-refractivity contribution >= 4 is 0 Å². The number of unbranched alkanes of at least 4 members (excludes halogenated alkanes) is 8. The minimum atomic E-state index is -0.857. The maximum Gasteiger partial charge on any atom is 0.166 e. The second kappa shape index (κ2) is 16.3. The van der Waals surface area contributed by atoms with E-state index in [-0.39, 0.29) is 17.0 Å². The molecule has 0 aromatic heterocycles. The molecule has 4 heteroatoms. The molecule has 0 aliphatic heterocycles. The highest BCUT2D eigenvalue weighted by molar-refractivity contribution is 5.71. The molecule has 0 N–H and O–H groups in total. The van der Waals surface area contributed by atoms with E-state index in [1.165, 1.54) is 51.4 Å². The van der Waals surface area contributed by atoms with Crippen LogP contribution in [-0.2, 0) is 6.42 Å². The molecule has 0 heterocycles. The highest BCUT2D eigenvalue weighted by Crippen LogP contribution is 2.40. The van der Waals surface area contributed by atoms with Gasteiger partial charge in [0.15, 0.2) is 23.3 Å². The van der Waals surface area contributed by atoms with Gasteiger partial charge in [-0.1, -0.05) is 127 Å². The second-order valence-corrected chi connectivity index (χ2v) is 12.4. The molecular formula is C38H48F4. The first-order chi connectivity index (χ1) is 20.4. The fourth-order valence-corrected chi connectivity index (χ4v) is 6.66. The van der Waals surface area contributed by atoms with E-state index in [1.54, 1.807) is 48.5 Å². The number of rotatable bonds is 15. The van der Waals surface area contributed by atoms with E-state index in [2.05, 4.69) is 13.8 Å². The Morgan fingerprint density at radius 2 is 1.05 bits per heavy atom. The van der Waals surface area contributed by atoms with Gasteiger partial charge in [0, 0.05) is 11.1 Å². The largest absolute Gasteiger partial charge is 0.203 e. The molecule has 0 amide bonds. The van der Waals surface area contributed by atoms with Crippen molar-refractivity contribution in [2.45, 2.75) is 122 Å². The van der Waals surface area contributed by atoms with Crippen LogP contribution >= 0.6 is 0 Å². The topological polar surface area (TPSA) is 0 Å². The molecule has 4 rings (SSSR count). The molecule has 0 unspecified atom stereocenters. The van der Waals surface area contributed by atoms with Crippen LogP contribution in [0, 0.1) is 29.2 Å². The van der Waals surface area contributed by atoms with Gasteiger partial charge in [-0.15, -0.1) is 0 Å². The van der Waals surface area contributed by atoms with E-state index < -0.39 is 23.3 Å². The van der Waals surface area contributed by atoms with Crippen molar-refractivity contribution in [2.75, 3.05) is 0 Å². The monoisotopic (exact) mass is 580 g/mol. The van der Waals surface area contributed by atoms with Crippen molar-refractivity contribution in [3.05, 3.63) is 82.9 Å². The smallest absolute Gasteiger partial charge is 0.166 e. The predicted molar refractivity (Wildman–Crippen MR) is 168 cm³/mol. The molecule has 0 radical (unpaired) electrons. The number of aryl methyl sites for hydroxylation is 1. The van der Waals surface area contributed by atoms with Gasteiger partial charge >= 0.3 is 0 Å². The molecule has 1 aliphatic rings. The average molecular weight is 581 g/mol. The number of hydrogen-bond acceptors (Lipinski definition) is 0. The Morgan fingerprint density at radius 3 is 1.67 bits per heavy atom. The first-order valence-corrected chi connectivity index (χ1v) is 16.5. The van der Waals surface area contributed by atoms with Gasteiger partial charge in [-0.3, -0.25) is 0 Å². The number of benzene rings is 3. The van der Waals surface area contributed by atoms with Crippen LogP contribution in [0.5, 0.6) is 0 Å². The van der Waals surface area contributed by atoms with Crippen LogP contribution in [0.4, 0.5) is 17.6 Å². The summed E-state index contributed by atoms with van der Waals surface area (Å²) >= 11 is 0. The lowest BCUT2D eigenvalue weighted by Crippen LogP contribution is -2.15. The molecule has 0 saturated heterocycles. The summed E-state index contributed by atoms with van der Waals surface area (Å²) in [5.41, 5.74) is 2.27. The first-order valence-electron chi connectivity index (χ1n) is 16.5. The fraction of sp³-hybridized carbons (Fsp3) is 0.526. The van der Waals surface area contributed by atoms with Gasteiger partial charge in [-0.05, 0) is 72.6 Å². The number of hydrogen-bond donors (Lipinski definition) is 0. The fourth-order valence-electron chi connectivity index (χ4n) is 6.66. The van der Waals surface area contributed by atoms with Crippen molar-refractivity contribution in [1.29, 1.82) is 0 Å². The minimum Gasteiger partial charge on any atom is -0.203 e. The molecule has 228 valence electrons. The standard InChI is InChI=1S/C38H48F4/c1-3-5-7-8-9-10-12-14-31-23-24-32(36(40)35(31)39)29-19-21-30(22-20-29)34-26-25-33(37(41)38(34)42)28-17-15-27(16-18-28)13-11-6-4-2/h19-28H,3-18H2,1-2H3. The molecular weight excluding hydrogens is 532 g/mol. The molecule has 0 nitrogen and oxygen atoms in total. The SMILES string of the molecule is CCCCCCCCCc1ccc(-c2ccc(-c3ccc(C4CCC(CCCCC)CC4)c(F)c3F)cc2)c(F)c1F. The van der Waals surface area contributed by atoms with Gasteiger partial charge in [0.25, 0.3) is 0 Å². The Labute approximate surface area is 251 Å². The van der Waals surface area contributed by atoms with E-state index in [9.17, 15) is 4.39 Å². The quantitative estimate of drug-likeness (QED) is 0.124. The third-order valence-electron chi connectivity index (χ3n) is 9.33. The summed E-state index contributed by atoms with van der Waals surface area (Å²) in [7, 11) is 0. The number of halogens is 4. The van der Waals surface area contributed by atoms with Gasteiger partial charge in [0.05, 0.1) is 0 Å². The summed E-state index contributed by atoms with van der Waals surface area (Å²) in [5, 5.41) is 0. The van der Waals surface area contributed by atoms with Crippen molar-refractivity contribution in [1.82, 2.24) is 0 Å². The van der Waals surface area contributed by atoms with E-state index >= 15 is 13.2 Å². The summed E-state index contributed by atoms with van der Waals surface area (Å²) < 4.78 is 60.5. The zero-order valence-corrected chi connectivity index (χ0v) is 25.6. The highest BCUT2D eigenvalue weighted by atomic mass is 19.2. The molecule has 1 saturated carbocycles. The zero-order valence-electron chi connectivity index (χ0n) is 25.6. The van der Waals surface area contributed by atoms with Crippen LogP contribution in [0.3, 0.4) is 0 Å². The molecule has 0 atom stereocenters. The molecule has 3 aromatic carbocycles. The van der Waals surface area contributed by atoms with Crippen LogP contribution in [0.1, 0.15) is 127 Å². The Bertz CT molecular complexity index is 1260. The normalized spacial score (nSPS) is 17.1. The van der Waals surface area contributed by atoms with Gasteiger partial charge in [0.2, 0.25) is 0 Å². The lowest BCUT2D eigenvalue weighted by atomic mass is 9.76. The molecule has 3 aromatic rings. The van der Waals surface area contributed by atoms with E-state index in [0.717, 1.165) is 44.9 Å². The average Bonchev–Trinajstić information content (AvgIpc) is 3.01. The zero-order chi connectivity index (χ0) is 29.9. The minimum absolute atomic E-state index is 0.0602. The summed E-state index contributed by atoms with van der Waals surface area (Å²) in [4.78, 5) is 0. The maximum absolute atomic E-state index is 15.3. The predicted octanol–water partition coefficient (Wildman–Crippen LogP) is 12.7. The van der Waals surface area contributed by atoms with Crippen molar-refractivity contribution in [3.8, 4) is 22.3 Å². The molecule has 1 fully saturated rings.